The van der Waals surface area contributed by atoms with E-state index in [1.54, 1.807) is 0 Å². The normalized spacial score (nSPS) is 35.1. The van der Waals surface area contributed by atoms with E-state index in [1.807, 2.05) is 0 Å². The molecule has 0 amide bonds. The molecule has 2 nitrogen and oxygen atoms in total. The third kappa shape index (κ3) is 1.75. The Hall–Kier alpha value is -0.0800. The zero-order chi connectivity index (χ0) is 9.31. The molecule has 1 unspecified atom stereocenters. The molecule has 0 saturated carbocycles. The first kappa shape index (κ1) is 9.47. The van der Waals surface area contributed by atoms with Crippen LogP contribution in [0.4, 0.5) is 0 Å². The maximum Gasteiger partial charge on any atom is 0.000930 e. The van der Waals surface area contributed by atoms with Crippen LogP contribution >= 0.6 is 0 Å². The standard InChI is InChI=1S/C11H22N2/c1-10-9-13(2)8-5-11(10)3-6-12-7-4-11/h10,12H,3-9H2,1-2H3. The first-order chi connectivity index (χ1) is 6.23. The zero-order valence-electron chi connectivity index (χ0n) is 8.97. The van der Waals surface area contributed by atoms with Gasteiger partial charge in [0.15, 0.2) is 0 Å². The van der Waals surface area contributed by atoms with Gasteiger partial charge in [-0.25, -0.2) is 0 Å². The Balaban J connectivity index is 2.03. The van der Waals surface area contributed by atoms with E-state index in [4.69, 9.17) is 0 Å². The van der Waals surface area contributed by atoms with E-state index in [2.05, 4.69) is 24.2 Å². The monoisotopic (exact) mass is 182 g/mol. The zero-order valence-corrected chi connectivity index (χ0v) is 8.97. The van der Waals surface area contributed by atoms with Crippen LogP contribution in [0, 0.1) is 11.3 Å². The second kappa shape index (κ2) is 3.58. The number of piperidine rings is 2. The van der Waals surface area contributed by atoms with Gasteiger partial charge in [0.1, 0.15) is 0 Å². The molecule has 0 bridgehead atoms. The Labute approximate surface area is 81.7 Å². The van der Waals surface area contributed by atoms with Gasteiger partial charge in [-0.3, -0.25) is 0 Å². The minimum Gasteiger partial charge on any atom is -0.317 e. The first-order valence-corrected chi connectivity index (χ1v) is 5.62. The molecule has 2 rings (SSSR count). The van der Waals surface area contributed by atoms with Crippen molar-refractivity contribution in [1.29, 1.82) is 0 Å². The van der Waals surface area contributed by atoms with Gasteiger partial charge in [0.05, 0.1) is 0 Å². The fourth-order valence-corrected chi connectivity index (χ4v) is 3.08. The molecule has 2 saturated heterocycles. The third-order valence-corrected chi connectivity index (χ3v) is 4.22. The lowest BCUT2D eigenvalue weighted by molar-refractivity contribution is 0.0278. The minimum atomic E-state index is 0.692. The molecule has 76 valence electrons. The Morgan fingerprint density at radius 2 is 1.92 bits per heavy atom. The number of hydrogen-bond acceptors (Lipinski definition) is 2. The van der Waals surface area contributed by atoms with E-state index in [1.165, 1.54) is 45.4 Å². The van der Waals surface area contributed by atoms with Crippen molar-refractivity contribution < 1.29 is 0 Å². The average Bonchev–Trinajstić information content (AvgIpc) is 2.14. The van der Waals surface area contributed by atoms with Gasteiger partial charge in [0.25, 0.3) is 0 Å². The molecule has 1 N–H and O–H groups in total. The van der Waals surface area contributed by atoms with Crippen LogP contribution in [0.1, 0.15) is 26.2 Å². The van der Waals surface area contributed by atoms with E-state index < -0.39 is 0 Å². The minimum absolute atomic E-state index is 0.692. The Kier molecular flexibility index (Phi) is 2.61. The van der Waals surface area contributed by atoms with Crippen molar-refractivity contribution in [2.75, 3.05) is 33.2 Å². The van der Waals surface area contributed by atoms with Gasteiger partial charge in [-0.1, -0.05) is 6.92 Å². The van der Waals surface area contributed by atoms with Gasteiger partial charge in [-0.2, -0.15) is 0 Å². The van der Waals surface area contributed by atoms with Crippen LogP contribution in [0.2, 0.25) is 0 Å². The quantitative estimate of drug-likeness (QED) is 0.608. The number of rotatable bonds is 0. The van der Waals surface area contributed by atoms with Gasteiger partial charge >= 0.3 is 0 Å². The second-order valence-corrected chi connectivity index (χ2v) is 5.03. The summed E-state index contributed by atoms with van der Waals surface area (Å²) in [4.78, 5) is 2.48. The van der Waals surface area contributed by atoms with Crippen LogP contribution in [-0.2, 0) is 0 Å². The summed E-state index contributed by atoms with van der Waals surface area (Å²) in [7, 11) is 2.25. The average molecular weight is 182 g/mol. The molecule has 1 atom stereocenters. The maximum absolute atomic E-state index is 3.47. The van der Waals surface area contributed by atoms with E-state index in [-0.39, 0.29) is 0 Å². The summed E-state index contributed by atoms with van der Waals surface area (Å²) in [5.41, 5.74) is 0.692. The summed E-state index contributed by atoms with van der Waals surface area (Å²) in [5, 5.41) is 3.47. The van der Waals surface area contributed by atoms with E-state index in [0.29, 0.717) is 5.41 Å². The van der Waals surface area contributed by atoms with Crippen LogP contribution in [0.25, 0.3) is 0 Å². The highest BCUT2D eigenvalue weighted by Gasteiger charge is 2.40. The molecule has 2 aliphatic heterocycles. The Morgan fingerprint density at radius 1 is 1.23 bits per heavy atom. The molecule has 0 radical (unpaired) electrons. The lowest BCUT2D eigenvalue weighted by Gasteiger charge is -2.48. The molecule has 13 heavy (non-hydrogen) atoms. The molecular formula is C11H22N2. The second-order valence-electron chi connectivity index (χ2n) is 5.03. The summed E-state index contributed by atoms with van der Waals surface area (Å²) < 4.78 is 0. The van der Waals surface area contributed by atoms with Crippen LogP contribution in [0.5, 0.6) is 0 Å². The van der Waals surface area contributed by atoms with Crippen molar-refractivity contribution in [2.45, 2.75) is 26.2 Å². The van der Waals surface area contributed by atoms with E-state index >= 15 is 0 Å². The summed E-state index contributed by atoms with van der Waals surface area (Å²) in [6.45, 7) is 7.55. The predicted octanol–water partition coefficient (Wildman–Crippen LogP) is 1.33. The largest absolute Gasteiger partial charge is 0.317 e. The van der Waals surface area contributed by atoms with Crippen molar-refractivity contribution >= 4 is 0 Å². The van der Waals surface area contributed by atoms with Gasteiger partial charge in [0, 0.05) is 6.54 Å². The molecule has 0 aliphatic carbocycles. The summed E-state index contributed by atoms with van der Waals surface area (Å²) in [6, 6.07) is 0. The van der Waals surface area contributed by atoms with Crippen LogP contribution < -0.4 is 5.32 Å². The fourth-order valence-electron chi connectivity index (χ4n) is 3.08. The first-order valence-electron chi connectivity index (χ1n) is 5.62. The number of nitrogens with zero attached hydrogens (tertiary/aromatic N) is 1. The van der Waals surface area contributed by atoms with Crippen molar-refractivity contribution in [3.63, 3.8) is 0 Å². The molecule has 2 fully saturated rings. The SMILES string of the molecule is CC1CN(C)CCC12CCNCC2. The van der Waals surface area contributed by atoms with Crippen molar-refractivity contribution in [3.05, 3.63) is 0 Å². The molecular weight excluding hydrogens is 160 g/mol. The highest BCUT2D eigenvalue weighted by molar-refractivity contribution is 4.93. The van der Waals surface area contributed by atoms with Crippen LogP contribution in [-0.4, -0.2) is 38.1 Å². The van der Waals surface area contributed by atoms with Gasteiger partial charge in [-0.15, -0.1) is 0 Å². The Bertz CT molecular complexity index is 173. The number of likely N-dealkylation sites (tertiary alicyclic amines) is 1. The molecule has 0 aromatic carbocycles. The molecule has 1 spiro atoms. The number of nitrogens with one attached hydrogen (secondary N) is 1. The summed E-state index contributed by atoms with van der Waals surface area (Å²) >= 11 is 0. The Morgan fingerprint density at radius 3 is 2.54 bits per heavy atom. The predicted molar refractivity (Wildman–Crippen MR) is 55.8 cm³/mol. The topological polar surface area (TPSA) is 15.3 Å². The van der Waals surface area contributed by atoms with Gasteiger partial charge < -0.3 is 10.2 Å². The van der Waals surface area contributed by atoms with E-state index in [9.17, 15) is 0 Å². The highest BCUT2D eigenvalue weighted by atomic mass is 15.1. The lowest BCUT2D eigenvalue weighted by atomic mass is 9.65. The van der Waals surface area contributed by atoms with Gasteiger partial charge in [0.2, 0.25) is 0 Å². The van der Waals surface area contributed by atoms with Gasteiger partial charge in [-0.05, 0) is 57.3 Å². The lowest BCUT2D eigenvalue weighted by Crippen LogP contribution is -2.49. The van der Waals surface area contributed by atoms with Crippen LogP contribution in [0.3, 0.4) is 0 Å². The van der Waals surface area contributed by atoms with Crippen molar-refractivity contribution in [2.24, 2.45) is 11.3 Å². The summed E-state index contributed by atoms with van der Waals surface area (Å²) in [6.07, 6.45) is 4.23. The highest BCUT2D eigenvalue weighted by Crippen LogP contribution is 2.43. The van der Waals surface area contributed by atoms with Crippen molar-refractivity contribution in [1.82, 2.24) is 10.2 Å². The molecule has 0 aromatic rings. The summed E-state index contributed by atoms with van der Waals surface area (Å²) in [5.74, 6) is 0.897. The maximum atomic E-state index is 3.47. The van der Waals surface area contributed by atoms with Crippen molar-refractivity contribution in [3.8, 4) is 0 Å². The van der Waals surface area contributed by atoms with Crippen LogP contribution in [0.15, 0.2) is 0 Å². The molecule has 2 heteroatoms. The molecule has 2 aliphatic rings. The smallest absolute Gasteiger partial charge is 0.000930 e. The third-order valence-electron chi connectivity index (χ3n) is 4.22. The fraction of sp³-hybridized carbons (Fsp3) is 1.00. The van der Waals surface area contributed by atoms with E-state index in [0.717, 1.165) is 5.92 Å². The molecule has 2 heterocycles. The number of hydrogen-bond donors (Lipinski definition) is 1. The molecule has 0 aromatic heterocycles.